The molecule has 2 fully saturated rings. The molecule has 1 aromatic carbocycles. The van der Waals surface area contributed by atoms with E-state index < -0.39 is 0 Å². The Morgan fingerprint density at radius 3 is 2.52 bits per heavy atom. The Hall–Kier alpha value is -1.69. The molecule has 1 amide bonds. The van der Waals surface area contributed by atoms with Gasteiger partial charge in [-0.15, -0.1) is 0 Å². The Morgan fingerprint density at radius 2 is 1.88 bits per heavy atom. The third-order valence-electron chi connectivity index (χ3n) is 5.45. The van der Waals surface area contributed by atoms with Gasteiger partial charge in [0.2, 0.25) is 5.91 Å². The lowest BCUT2D eigenvalue weighted by atomic mass is 9.94. The highest BCUT2D eigenvalue weighted by molar-refractivity contribution is 5.82. The molecule has 3 unspecified atom stereocenters. The molecular weight excluding hydrogens is 312 g/mol. The van der Waals surface area contributed by atoms with Crippen LogP contribution in [0.15, 0.2) is 36.4 Å². The summed E-state index contributed by atoms with van der Waals surface area (Å²) in [5.41, 5.74) is 7.70. The zero-order chi connectivity index (χ0) is 17.6. The molecule has 0 aliphatic carbocycles. The molecule has 0 radical (unpaired) electrons. The van der Waals surface area contributed by atoms with Crippen LogP contribution in [0.25, 0.3) is 6.08 Å². The average molecular weight is 342 g/mol. The van der Waals surface area contributed by atoms with Crippen LogP contribution < -0.4 is 10.9 Å². The molecule has 2 N–H and O–H groups in total. The number of rotatable bonds is 5. The van der Waals surface area contributed by atoms with E-state index in [2.05, 4.69) is 66.0 Å². The fourth-order valence-electron chi connectivity index (χ4n) is 3.70. The van der Waals surface area contributed by atoms with Crippen molar-refractivity contribution in [2.24, 2.45) is 5.92 Å². The van der Waals surface area contributed by atoms with Gasteiger partial charge in [-0.25, -0.2) is 5.43 Å². The van der Waals surface area contributed by atoms with Crippen LogP contribution in [0.3, 0.4) is 0 Å². The lowest BCUT2D eigenvalue weighted by Crippen LogP contribution is -2.54. The van der Waals surface area contributed by atoms with E-state index in [1.54, 1.807) is 0 Å². The molecule has 2 aliphatic rings. The molecule has 0 aromatic heterocycles. The fraction of sp³-hybridized carbons (Fsp3) is 0.550. The van der Waals surface area contributed by atoms with Crippen molar-refractivity contribution in [1.29, 1.82) is 0 Å². The van der Waals surface area contributed by atoms with Crippen molar-refractivity contribution in [1.82, 2.24) is 20.7 Å². The molecule has 5 heteroatoms. The van der Waals surface area contributed by atoms with Gasteiger partial charge in [-0.05, 0) is 17.9 Å². The highest BCUT2D eigenvalue weighted by Crippen LogP contribution is 2.19. The van der Waals surface area contributed by atoms with Crippen LogP contribution in [0, 0.1) is 5.92 Å². The second-order valence-corrected chi connectivity index (χ2v) is 7.08. The van der Waals surface area contributed by atoms with Gasteiger partial charge in [0.1, 0.15) is 6.04 Å². The maximum atomic E-state index is 12.8. The van der Waals surface area contributed by atoms with Gasteiger partial charge in [0.05, 0.1) is 0 Å². The minimum Gasteiger partial charge on any atom is -0.339 e. The molecule has 0 saturated carbocycles. The first-order chi connectivity index (χ1) is 12.2. The Labute approximate surface area is 151 Å². The van der Waals surface area contributed by atoms with E-state index in [0.717, 1.165) is 39.1 Å². The summed E-state index contributed by atoms with van der Waals surface area (Å²) in [7, 11) is 0. The minimum absolute atomic E-state index is 0.0884. The van der Waals surface area contributed by atoms with Crippen LogP contribution in [0.5, 0.6) is 0 Å². The SMILES string of the molecule is CCC1NNC(C(=O)N2CCN(C/C=C/c3ccccc3)CC2)C1C. The highest BCUT2D eigenvalue weighted by Gasteiger charge is 2.38. The van der Waals surface area contributed by atoms with E-state index in [9.17, 15) is 4.79 Å². The number of nitrogens with zero attached hydrogens (tertiary/aromatic N) is 2. The third-order valence-corrected chi connectivity index (χ3v) is 5.45. The molecule has 2 heterocycles. The molecule has 3 atom stereocenters. The van der Waals surface area contributed by atoms with Crippen LogP contribution >= 0.6 is 0 Å². The average Bonchev–Trinajstić information content (AvgIpc) is 3.03. The summed E-state index contributed by atoms with van der Waals surface area (Å²) in [4.78, 5) is 17.2. The fourth-order valence-corrected chi connectivity index (χ4v) is 3.70. The van der Waals surface area contributed by atoms with Gasteiger partial charge in [-0.2, -0.15) is 0 Å². The van der Waals surface area contributed by atoms with Crippen LogP contribution in [-0.2, 0) is 4.79 Å². The van der Waals surface area contributed by atoms with Gasteiger partial charge in [0, 0.05) is 38.8 Å². The van der Waals surface area contributed by atoms with Gasteiger partial charge >= 0.3 is 0 Å². The number of hydrazine groups is 1. The second kappa shape index (κ2) is 8.61. The molecule has 5 nitrogen and oxygen atoms in total. The first-order valence-corrected chi connectivity index (χ1v) is 9.43. The van der Waals surface area contributed by atoms with Crippen molar-refractivity contribution < 1.29 is 4.79 Å². The van der Waals surface area contributed by atoms with E-state index in [1.807, 2.05) is 11.0 Å². The van der Waals surface area contributed by atoms with Crippen LogP contribution in [-0.4, -0.2) is 60.5 Å². The summed E-state index contributed by atoms with van der Waals surface area (Å²) in [5.74, 6) is 0.583. The molecule has 1 aromatic rings. The van der Waals surface area contributed by atoms with E-state index >= 15 is 0 Å². The summed E-state index contributed by atoms with van der Waals surface area (Å²) in [6, 6.07) is 10.7. The molecule has 2 saturated heterocycles. The molecule has 136 valence electrons. The Balaban J connectivity index is 1.44. The van der Waals surface area contributed by atoms with Crippen molar-refractivity contribution in [2.45, 2.75) is 32.4 Å². The van der Waals surface area contributed by atoms with Gasteiger partial charge in [0.15, 0.2) is 0 Å². The van der Waals surface area contributed by atoms with Crippen molar-refractivity contribution in [2.75, 3.05) is 32.7 Å². The Morgan fingerprint density at radius 1 is 1.16 bits per heavy atom. The van der Waals surface area contributed by atoms with Crippen molar-refractivity contribution in [3.63, 3.8) is 0 Å². The highest BCUT2D eigenvalue weighted by atomic mass is 16.2. The summed E-state index contributed by atoms with van der Waals surface area (Å²) in [6.07, 6.45) is 5.42. The van der Waals surface area contributed by atoms with Crippen molar-refractivity contribution in [3.05, 3.63) is 42.0 Å². The third kappa shape index (κ3) is 4.48. The quantitative estimate of drug-likeness (QED) is 0.856. The van der Waals surface area contributed by atoms with Gasteiger partial charge in [-0.3, -0.25) is 15.1 Å². The number of carbonyl (C=O) groups is 1. The van der Waals surface area contributed by atoms with Gasteiger partial charge < -0.3 is 4.90 Å². The van der Waals surface area contributed by atoms with Crippen molar-refractivity contribution >= 4 is 12.0 Å². The standard InChI is InChI=1S/C20H30N4O/c1-3-18-16(2)19(22-21-18)20(25)24-14-12-23(13-15-24)11-7-10-17-8-5-4-6-9-17/h4-10,16,18-19,21-22H,3,11-15H2,1-2H3/b10-7+. The van der Waals surface area contributed by atoms with Gasteiger partial charge in [-0.1, -0.05) is 56.3 Å². The number of hydrogen-bond acceptors (Lipinski definition) is 4. The molecular formula is C20H30N4O. The normalized spacial score (nSPS) is 27.9. The molecule has 25 heavy (non-hydrogen) atoms. The summed E-state index contributed by atoms with van der Waals surface area (Å²) in [6.45, 7) is 8.78. The monoisotopic (exact) mass is 342 g/mol. The number of amides is 1. The predicted octanol–water partition coefficient (Wildman–Crippen LogP) is 1.74. The predicted molar refractivity (Wildman–Crippen MR) is 102 cm³/mol. The molecule has 2 aliphatic heterocycles. The van der Waals surface area contributed by atoms with Crippen LogP contribution in [0.4, 0.5) is 0 Å². The number of benzene rings is 1. The summed E-state index contributed by atoms with van der Waals surface area (Å²) >= 11 is 0. The number of piperazine rings is 1. The zero-order valence-corrected chi connectivity index (χ0v) is 15.3. The number of nitrogens with one attached hydrogen (secondary N) is 2. The topological polar surface area (TPSA) is 47.6 Å². The Bertz CT molecular complexity index is 581. The molecule has 0 bridgehead atoms. The van der Waals surface area contributed by atoms with Gasteiger partial charge in [0.25, 0.3) is 0 Å². The molecule has 3 rings (SSSR count). The lowest BCUT2D eigenvalue weighted by Gasteiger charge is -2.36. The number of carbonyl (C=O) groups excluding carboxylic acids is 1. The summed E-state index contributed by atoms with van der Waals surface area (Å²) < 4.78 is 0. The Kier molecular flexibility index (Phi) is 6.24. The minimum atomic E-state index is -0.0884. The van der Waals surface area contributed by atoms with Crippen molar-refractivity contribution in [3.8, 4) is 0 Å². The molecule has 0 spiro atoms. The van der Waals surface area contributed by atoms with E-state index in [0.29, 0.717) is 12.0 Å². The zero-order valence-electron chi connectivity index (χ0n) is 15.3. The van der Waals surface area contributed by atoms with Crippen LogP contribution in [0.2, 0.25) is 0 Å². The maximum absolute atomic E-state index is 12.8. The largest absolute Gasteiger partial charge is 0.339 e. The smallest absolute Gasteiger partial charge is 0.241 e. The first-order valence-electron chi connectivity index (χ1n) is 9.43. The lowest BCUT2D eigenvalue weighted by molar-refractivity contribution is -0.135. The van der Waals surface area contributed by atoms with E-state index in [1.165, 1.54) is 5.56 Å². The second-order valence-electron chi connectivity index (χ2n) is 7.08. The maximum Gasteiger partial charge on any atom is 0.241 e. The van der Waals surface area contributed by atoms with E-state index in [-0.39, 0.29) is 11.9 Å². The number of hydrogen-bond donors (Lipinski definition) is 2. The van der Waals surface area contributed by atoms with E-state index in [4.69, 9.17) is 0 Å². The van der Waals surface area contributed by atoms with Crippen LogP contribution in [0.1, 0.15) is 25.8 Å². The first kappa shape index (κ1) is 18.1. The summed E-state index contributed by atoms with van der Waals surface area (Å²) in [5, 5.41) is 0.